The van der Waals surface area contributed by atoms with Crippen molar-refractivity contribution in [2.24, 2.45) is 5.92 Å². The van der Waals surface area contributed by atoms with Gasteiger partial charge in [-0.1, -0.05) is 13.8 Å². The summed E-state index contributed by atoms with van der Waals surface area (Å²) in [5.41, 5.74) is 0. The van der Waals surface area contributed by atoms with Crippen molar-refractivity contribution in [1.82, 2.24) is 10.2 Å². The average molecular weight is 252 g/mol. The summed E-state index contributed by atoms with van der Waals surface area (Å²) in [7, 11) is 0. The van der Waals surface area contributed by atoms with E-state index in [2.05, 4.69) is 31.0 Å². The van der Waals surface area contributed by atoms with Crippen molar-refractivity contribution in [3.05, 3.63) is 0 Å². The van der Waals surface area contributed by atoms with E-state index in [0.29, 0.717) is 0 Å². The molecule has 1 aliphatic heterocycles. The van der Waals surface area contributed by atoms with Crippen LogP contribution in [0.3, 0.4) is 0 Å². The summed E-state index contributed by atoms with van der Waals surface area (Å²) in [4.78, 5) is 2.73. The number of hydrogen-bond donors (Lipinski definition) is 1. The highest BCUT2D eigenvalue weighted by Gasteiger charge is 2.28. The first kappa shape index (κ1) is 14.3. The van der Waals surface area contributed by atoms with Gasteiger partial charge in [-0.05, 0) is 57.8 Å². The molecule has 2 nitrogen and oxygen atoms in total. The van der Waals surface area contributed by atoms with Crippen LogP contribution in [-0.2, 0) is 0 Å². The molecule has 0 aromatic carbocycles. The lowest BCUT2D eigenvalue weighted by atomic mass is 9.87. The molecule has 2 aliphatic rings. The molecule has 0 bridgehead atoms. The van der Waals surface area contributed by atoms with Crippen LogP contribution < -0.4 is 5.32 Å². The lowest BCUT2D eigenvalue weighted by Gasteiger charge is -2.31. The summed E-state index contributed by atoms with van der Waals surface area (Å²) in [5.74, 6) is 0.964. The summed E-state index contributed by atoms with van der Waals surface area (Å²) in [6.07, 6.45) is 9.79. The monoisotopic (exact) mass is 252 g/mol. The molecule has 0 aromatic heterocycles. The Kier molecular flexibility index (Phi) is 5.50. The second-order valence-electron chi connectivity index (χ2n) is 6.64. The molecule has 1 heterocycles. The van der Waals surface area contributed by atoms with Gasteiger partial charge < -0.3 is 5.32 Å². The van der Waals surface area contributed by atoms with E-state index in [1.807, 2.05) is 0 Å². The molecule has 1 aliphatic carbocycles. The largest absolute Gasteiger partial charge is 0.313 e. The Morgan fingerprint density at radius 3 is 2.39 bits per heavy atom. The predicted octanol–water partition coefficient (Wildman–Crippen LogP) is 3.42. The highest BCUT2D eigenvalue weighted by Crippen LogP contribution is 2.26. The molecule has 2 heteroatoms. The van der Waals surface area contributed by atoms with Crippen LogP contribution in [0.4, 0.5) is 0 Å². The molecule has 1 N–H and O–H groups in total. The molecule has 0 spiro atoms. The maximum Gasteiger partial charge on any atom is 0.0113 e. The van der Waals surface area contributed by atoms with Crippen molar-refractivity contribution >= 4 is 0 Å². The van der Waals surface area contributed by atoms with Crippen molar-refractivity contribution in [3.8, 4) is 0 Å². The average Bonchev–Trinajstić information content (AvgIpc) is 2.73. The van der Waals surface area contributed by atoms with Gasteiger partial charge >= 0.3 is 0 Å². The van der Waals surface area contributed by atoms with E-state index < -0.39 is 0 Å². The molecule has 2 atom stereocenters. The van der Waals surface area contributed by atoms with Crippen molar-refractivity contribution in [2.75, 3.05) is 13.1 Å². The molecule has 2 fully saturated rings. The maximum absolute atomic E-state index is 3.79. The highest BCUT2D eigenvalue weighted by molar-refractivity contribution is 4.85. The summed E-state index contributed by atoms with van der Waals surface area (Å²) in [6, 6.07) is 2.47. The standard InChI is InChI=1S/C16H32N2/c1-4-16-10-7-14(3)18(16)12-11-17-15-8-5-13(2)6-9-15/h13-17H,4-12H2,1-3H3. The van der Waals surface area contributed by atoms with E-state index in [-0.39, 0.29) is 0 Å². The zero-order valence-corrected chi connectivity index (χ0v) is 12.6. The van der Waals surface area contributed by atoms with Gasteiger partial charge in [-0.2, -0.15) is 0 Å². The summed E-state index contributed by atoms with van der Waals surface area (Å²) >= 11 is 0. The molecule has 0 amide bonds. The molecule has 0 radical (unpaired) electrons. The second kappa shape index (κ2) is 6.91. The molecule has 18 heavy (non-hydrogen) atoms. The van der Waals surface area contributed by atoms with Crippen molar-refractivity contribution < 1.29 is 0 Å². The van der Waals surface area contributed by atoms with E-state index in [9.17, 15) is 0 Å². The number of nitrogens with zero attached hydrogens (tertiary/aromatic N) is 1. The van der Waals surface area contributed by atoms with Crippen LogP contribution in [0.1, 0.15) is 65.7 Å². The second-order valence-corrected chi connectivity index (χ2v) is 6.64. The lowest BCUT2D eigenvalue weighted by molar-refractivity contribution is 0.192. The molecule has 2 unspecified atom stereocenters. The Hall–Kier alpha value is -0.0800. The van der Waals surface area contributed by atoms with Crippen molar-refractivity contribution in [3.63, 3.8) is 0 Å². The topological polar surface area (TPSA) is 15.3 Å². The Balaban J connectivity index is 1.65. The van der Waals surface area contributed by atoms with Gasteiger partial charge in [-0.15, -0.1) is 0 Å². The first-order chi connectivity index (χ1) is 8.70. The van der Waals surface area contributed by atoms with Gasteiger partial charge in [0.2, 0.25) is 0 Å². The normalized spacial score (nSPS) is 38.2. The predicted molar refractivity (Wildman–Crippen MR) is 78.9 cm³/mol. The van der Waals surface area contributed by atoms with E-state index >= 15 is 0 Å². The van der Waals surface area contributed by atoms with Crippen LogP contribution in [0.2, 0.25) is 0 Å². The fourth-order valence-corrected chi connectivity index (χ4v) is 3.83. The molecule has 1 saturated heterocycles. The van der Waals surface area contributed by atoms with Crippen LogP contribution in [0.15, 0.2) is 0 Å². The number of rotatable bonds is 5. The Morgan fingerprint density at radius 2 is 1.72 bits per heavy atom. The minimum absolute atomic E-state index is 0.805. The van der Waals surface area contributed by atoms with Gasteiger partial charge in [0.25, 0.3) is 0 Å². The number of nitrogens with one attached hydrogen (secondary N) is 1. The zero-order chi connectivity index (χ0) is 13.0. The Morgan fingerprint density at radius 1 is 1.00 bits per heavy atom. The maximum atomic E-state index is 3.79. The fraction of sp³-hybridized carbons (Fsp3) is 1.00. The quantitative estimate of drug-likeness (QED) is 0.806. The SMILES string of the molecule is CCC1CCC(C)N1CCNC1CCC(C)CC1. The number of hydrogen-bond acceptors (Lipinski definition) is 2. The van der Waals surface area contributed by atoms with Gasteiger partial charge in [-0.25, -0.2) is 0 Å². The third kappa shape index (κ3) is 3.71. The highest BCUT2D eigenvalue weighted by atomic mass is 15.2. The first-order valence-electron chi connectivity index (χ1n) is 8.19. The van der Waals surface area contributed by atoms with Gasteiger partial charge in [0, 0.05) is 31.2 Å². The molecular formula is C16H32N2. The Labute approximate surface area is 114 Å². The molecule has 106 valence electrons. The summed E-state index contributed by atoms with van der Waals surface area (Å²) in [6.45, 7) is 9.59. The smallest absolute Gasteiger partial charge is 0.0113 e. The fourth-order valence-electron chi connectivity index (χ4n) is 3.83. The van der Waals surface area contributed by atoms with Crippen LogP contribution in [-0.4, -0.2) is 36.1 Å². The van der Waals surface area contributed by atoms with Crippen LogP contribution >= 0.6 is 0 Å². The van der Waals surface area contributed by atoms with E-state index in [1.165, 1.54) is 58.0 Å². The van der Waals surface area contributed by atoms with Crippen LogP contribution in [0.25, 0.3) is 0 Å². The van der Waals surface area contributed by atoms with E-state index in [4.69, 9.17) is 0 Å². The van der Waals surface area contributed by atoms with E-state index in [1.54, 1.807) is 0 Å². The molecule has 1 saturated carbocycles. The molecule has 0 aromatic rings. The third-order valence-electron chi connectivity index (χ3n) is 5.24. The van der Waals surface area contributed by atoms with Gasteiger partial charge in [0.15, 0.2) is 0 Å². The third-order valence-corrected chi connectivity index (χ3v) is 5.24. The minimum Gasteiger partial charge on any atom is -0.313 e. The van der Waals surface area contributed by atoms with Gasteiger partial charge in [0.1, 0.15) is 0 Å². The summed E-state index contributed by atoms with van der Waals surface area (Å²) < 4.78 is 0. The Bertz CT molecular complexity index is 233. The summed E-state index contributed by atoms with van der Waals surface area (Å²) in [5, 5.41) is 3.79. The van der Waals surface area contributed by atoms with Crippen molar-refractivity contribution in [2.45, 2.75) is 83.8 Å². The lowest BCUT2D eigenvalue weighted by Crippen LogP contribution is -2.42. The molecule has 2 rings (SSSR count). The number of likely N-dealkylation sites (tertiary alicyclic amines) is 1. The van der Waals surface area contributed by atoms with Crippen molar-refractivity contribution in [1.29, 1.82) is 0 Å². The zero-order valence-electron chi connectivity index (χ0n) is 12.6. The van der Waals surface area contributed by atoms with Gasteiger partial charge in [-0.3, -0.25) is 4.90 Å². The van der Waals surface area contributed by atoms with Crippen LogP contribution in [0.5, 0.6) is 0 Å². The first-order valence-corrected chi connectivity index (χ1v) is 8.19. The van der Waals surface area contributed by atoms with Gasteiger partial charge in [0.05, 0.1) is 0 Å². The van der Waals surface area contributed by atoms with Crippen LogP contribution in [0, 0.1) is 5.92 Å². The molecular weight excluding hydrogens is 220 g/mol. The van der Waals surface area contributed by atoms with E-state index in [0.717, 1.165) is 24.0 Å². The minimum atomic E-state index is 0.805.